The Morgan fingerprint density at radius 3 is 2.70 bits per heavy atom. The Balaban J connectivity index is 1.84. The van der Waals surface area contributed by atoms with Gasteiger partial charge in [0.1, 0.15) is 5.82 Å². The Morgan fingerprint density at radius 2 is 2.05 bits per heavy atom. The Kier molecular flexibility index (Phi) is 4.51. The molecule has 0 aromatic carbocycles. The fourth-order valence-corrected chi connectivity index (χ4v) is 4.43. The van der Waals surface area contributed by atoms with Gasteiger partial charge in [-0.15, -0.1) is 11.3 Å². The van der Waals surface area contributed by atoms with Crippen LogP contribution in [0, 0.1) is 5.41 Å². The zero-order chi connectivity index (χ0) is 13.8. The van der Waals surface area contributed by atoms with Gasteiger partial charge < -0.3 is 4.57 Å². The van der Waals surface area contributed by atoms with E-state index in [0.717, 1.165) is 18.1 Å². The lowest BCUT2D eigenvalue weighted by Crippen LogP contribution is -2.28. The average Bonchev–Trinajstić information content (AvgIpc) is 3.07. The molecular weight excluding hydrogens is 284 g/mol. The molecule has 1 saturated carbocycles. The van der Waals surface area contributed by atoms with Gasteiger partial charge in [0.2, 0.25) is 0 Å². The second kappa shape index (κ2) is 6.35. The maximum absolute atomic E-state index is 4.69. The molecule has 4 heteroatoms. The first-order valence-corrected chi connectivity index (χ1v) is 9.00. The van der Waals surface area contributed by atoms with Crippen LogP contribution in [0.1, 0.15) is 38.5 Å². The lowest BCUT2D eigenvalue weighted by molar-refractivity contribution is 0.242. The molecule has 2 heterocycles. The molecule has 0 spiro atoms. The number of hydrogen-bond donors (Lipinski definition) is 1. The molecule has 0 N–H and O–H groups in total. The lowest BCUT2D eigenvalue weighted by Gasteiger charge is -2.32. The molecule has 0 amide bonds. The molecule has 2 aromatic heterocycles. The third kappa shape index (κ3) is 2.96. The van der Waals surface area contributed by atoms with Gasteiger partial charge >= 0.3 is 0 Å². The van der Waals surface area contributed by atoms with Crippen LogP contribution >= 0.6 is 24.0 Å². The summed E-state index contributed by atoms with van der Waals surface area (Å²) in [6.45, 7) is 1.06. The van der Waals surface area contributed by atoms with Crippen molar-refractivity contribution in [3.63, 3.8) is 0 Å². The molecular formula is C16H22N2S2. The van der Waals surface area contributed by atoms with E-state index in [-0.39, 0.29) is 0 Å². The highest BCUT2D eigenvalue weighted by Gasteiger charge is 2.30. The Morgan fingerprint density at radius 1 is 1.25 bits per heavy atom. The molecule has 0 radical (unpaired) electrons. The molecule has 1 fully saturated rings. The first kappa shape index (κ1) is 14.2. The van der Waals surface area contributed by atoms with Gasteiger partial charge in [-0.05, 0) is 35.5 Å². The molecule has 20 heavy (non-hydrogen) atoms. The third-order valence-corrected chi connectivity index (χ3v) is 6.00. The Labute approximate surface area is 130 Å². The molecule has 108 valence electrons. The largest absolute Gasteiger partial charge is 0.330 e. The summed E-state index contributed by atoms with van der Waals surface area (Å²) >= 11 is 6.45. The topological polar surface area (TPSA) is 17.8 Å². The number of thiol groups is 1. The van der Waals surface area contributed by atoms with Gasteiger partial charge in [0.05, 0.1) is 4.88 Å². The van der Waals surface area contributed by atoms with Crippen LogP contribution in [0.15, 0.2) is 29.9 Å². The molecule has 3 rings (SSSR count). The van der Waals surface area contributed by atoms with Crippen molar-refractivity contribution in [2.75, 3.05) is 5.75 Å². The monoisotopic (exact) mass is 306 g/mol. The van der Waals surface area contributed by atoms with Crippen LogP contribution in [0.25, 0.3) is 10.7 Å². The Bertz CT molecular complexity index is 522. The molecule has 0 atom stereocenters. The number of hydrogen-bond acceptors (Lipinski definition) is 3. The highest BCUT2D eigenvalue weighted by Crippen LogP contribution is 2.38. The summed E-state index contributed by atoms with van der Waals surface area (Å²) in [4.78, 5) is 5.82. The Hall–Kier alpha value is -0.740. The SMILES string of the molecule is SCC1(Cn2ccnc2-c2cccs2)CCCCCC1. The molecule has 0 unspecified atom stereocenters. The molecule has 0 saturated heterocycles. The molecule has 2 aromatic rings. The number of imidazole rings is 1. The first-order chi connectivity index (χ1) is 9.83. The van der Waals surface area contributed by atoms with Crippen molar-refractivity contribution >= 4 is 24.0 Å². The quantitative estimate of drug-likeness (QED) is 0.629. The minimum atomic E-state index is 0.353. The van der Waals surface area contributed by atoms with Gasteiger partial charge in [0, 0.05) is 18.9 Å². The predicted molar refractivity (Wildman–Crippen MR) is 89.5 cm³/mol. The number of rotatable bonds is 4. The van der Waals surface area contributed by atoms with E-state index in [2.05, 4.69) is 45.9 Å². The van der Waals surface area contributed by atoms with Crippen molar-refractivity contribution in [1.82, 2.24) is 9.55 Å². The smallest absolute Gasteiger partial charge is 0.150 e. The summed E-state index contributed by atoms with van der Waals surface area (Å²) in [5.41, 5.74) is 0.353. The van der Waals surface area contributed by atoms with Crippen LogP contribution in [0.2, 0.25) is 0 Å². The summed E-state index contributed by atoms with van der Waals surface area (Å²) in [7, 11) is 0. The van der Waals surface area contributed by atoms with Crippen LogP contribution < -0.4 is 0 Å². The highest BCUT2D eigenvalue weighted by atomic mass is 32.1. The van der Waals surface area contributed by atoms with Crippen LogP contribution in [-0.4, -0.2) is 15.3 Å². The van der Waals surface area contributed by atoms with E-state index < -0.39 is 0 Å². The van der Waals surface area contributed by atoms with E-state index in [1.165, 1.54) is 43.4 Å². The molecule has 1 aliphatic carbocycles. The average molecular weight is 307 g/mol. The zero-order valence-corrected chi connectivity index (χ0v) is 13.5. The molecule has 0 bridgehead atoms. The van der Waals surface area contributed by atoms with Crippen molar-refractivity contribution in [1.29, 1.82) is 0 Å². The normalized spacial score (nSPS) is 18.9. The fourth-order valence-electron chi connectivity index (χ4n) is 3.27. The summed E-state index contributed by atoms with van der Waals surface area (Å²) in [5.74, 6) is 2.10. The van der Waals surface area contributed by atoms with Crippen molar-refractivity contribution in [2.24, 2.45) is 5.41 Å². The minimum absolute atomic E-state index is 0.353. The summed E-state index contributed by atoms with van der Waals surface area (Å²) in [6, 6.07) is 4.25. The van der Waals surface area contributed by atoms with Gasteiger partial charge in [-0.25, -0.2) is 4.98 Å². The minimum Gasteiger partial charge on any atom is -0.330 e. The molecule has 0 aliphatic heterocycles. The van der Waals surface area contributed by atoms with Gasteiger partial charge in [0.25, 0.3) is 0 Å². The predicted octanol–water partition coefficient (Wildman–Crippen LogP) is 4.88. The van der Waals surface area contributed by atoms with E-state index >= 15 is 0 Å². The lowest BCUT2D eigenvalue weighted by atomic mass is 9.82. The van der Waals surface area contributed by atoms with E-state index in [0.29, 0.717) is 5.41 Å². The van der Waals surface area contributed by atoms with E-state index in [1.54, 1.807) is 11.3 Å². The fraction of sp³-hybridized carbons (Fsp3) is 0.562. The van der Waals surface area contributed by atoms with E-state index in [1.807, 2.05) is 6.20 Å². The standard InChI is InChI=1S/C16H22N2S2/c19-13-16(7-3-1-2-4-8-16)12-18-10-9-17-15(18)14-6-5-11-20-14/h5-6,9-11,19H,1-4,7-8,12-13H2. The molecule has 2 nitrogen and oxygen atoms in total. The number of thiophene rings is 1. The van der Waals surface area contributed by atoms with E-state index in [9.17, 15) is 0 Å². The van der Waals surface area contributed by atoms with Crippen LogP contribution in [-0.2, 0) is 6.54 Å². The highest BCUT2D eigenvalue weighted by molar-refractivity contribution is 7.80. The second-order valence-corrected chi connectivity index (χ2v) is 7.19. The van der Waals surface area contributed by atoms with Crippen LogP contribution in [0.4, 0.5) is 0 Å². The zero-order valence-electron chi connectivity index (χ0n) is 11.8. The van der Waals surface area contributed by atoms with Crippen molar-refractivity contribution in [2.45, 2.75) is 45.1 Å². The van der Waals surface area contributed by atoms with Gasteiger partial charge in [-0.3, -0.25) is 0 Å². The van der Waals surface area contributed by atoms with Crippen LogP contribution in [0.3, 0.4) is 0 Å². The summed E-state index contributed by atoms with van der Waals surface area (Å²) in [5, 5.41) is 2.12. The third-order valence-electron chi connectivity index (χ3n) is 4.46. The maximum Gasteiger partial charge on any atom is 0.150 e. The molecule has 1 aliphatic rings. The van der Waals surface area contributed by atoms with E-state index in [4.69, 9.17) is 0 Å². The van der Waals surface area contributed by atoms with Gasteiger partial charge in [-0.2, -0.15) is 12.6 Å². The number of aromatic nitrogens is 2. The van der Waals surface area contributed by atoms with Gasteiger partial charge in [-0.1, -0.05) is 31.7 Å². The van der Waals surface area contributed by atoms with Crippen molar-refractivity contribution in [3.05, 3.63) is 29.9 Å². The summed E-state index contributed by atoms with van der Waals surface area (Å²) < 4.78 is 2.34. The second-order valence-electron chi connectivity index (χ2n) is 5.93. The van der Waals surface area contributed by atoms with Gasteiger partial charge in [0.15, 0.2) is 0 Å². The maximum atomic E-state index is 4.69. The van der Waals surface area contributed by atoms with Crippen molar-refractivity contribution < 1.29 is 0 Å². The van der Waals surface area contributed by atoms with Crippen LogP contribution in [0.5, 0.6) is 0 Å². The number of nitrogens with zero attached hydrogens (tertiary/aromatic N) is 2. The van der Waals surface area contributed by atoms with Crippen molar-refractivity contribution in [3.8, 4) is 10.7 Å². The first-order valence-electron chi connectivity index (χ1n) is 7.49. The summed E-state index contributed by atoms with van der Waals surface area (Å²) in [6.07, 6.45) is 12.1.